The first-order chi connectivity index (χ1) is 29.0. The van der Waals surface area contributed by atoms with E-state index >= 15 is 0 Å². The number of benzene rings is 2. The van der Waals surface area contributed by atoms with E-state index in [0.717, 1.165) is 36.7 Å². The molecule has 2 aromatic carbocycles. The Balaban J connectivity index is 0.000000166. The zero-order valence-electron chi connectivity index (χ0n) is 34.1. The third-order valence-electron chi connectivity index (χ3n) is 11.1. The Morgan fingerprint density at radius 3 is 1.55 bits per heavy atom. The maximum absolute atomic E-state index is 14.8. The fraction of sp³-hybridized carbons (Fsp3) is 0.348. The van der Waals surface area contributed by atoms with E-state index < -0.39 is 0 Å². The van der Waals surface area contributed by atoms with Crippen LogP contribution in [-0.2, 0) is 22.6 Å². The number of aromatic nitrogens is 4. The second kappa shape index (κ2) is 17.6. The van der Waals surface area contributed by atoms with Crippen LogP contribution in [0.1, 0.15) is 69.9 Å². The largest absolute Gasteiger partial charge is 0.372 e. The van der Waals surface area contributed by atoms with Crippen LogP contribution in [-0.4, -0.2) is 82.3 Å². The van der Waals surface area contributed by atoms with Gasteiger partial charge in [0.2, 0.25) is 0 Å². The first-order valence-corrected chi connectivity index (χ1v) is 20.4. The van der Waals surface area contributed by atoms with Crippen molar-refractivity contribution in [2.24, 2.45) is 0 Å². The van der Waals surface area contributed by atoms with Gasteiger partial charge in [0.25, 0.3) is 11.8 Å². The van der Waals surface area contributed by atoms with Crippen LogP contribution in [0, 0.1) is 25.5 Å². The first-order valence-electron chi connectivity index (χ1n) is 20.4. The van der Waals surface area contributed by atoms with E-state index in [1.54, 1.807) is 56.6 Å². The molecule has 6 aromatic rings. The molecule has 0 saturated carbocycles. The Bertz CT molecular complexity index is 2390. The minimum absolute atomic E-state index is 0.0566. The average Bonchev–Trinajstić information content (AvgIpc) is 3.57. The number of aryl methyl sites for hydroxylation is 2. The molecule has 7 heterocycles. The van der Waals surface area contributed by atoms with Crippen LogP contribution in [0.2, 0.25) is 0 Å². The Morgan fingerprint density at radius 2 is 1.10 bits per heavy atom. The van der Waals surface area contributed by atoms with Crippen molar-refractivity contribution in [3.63, 3.8) is 0 Å². The van der Waals surface area contributed by atoms with Crippen LogP contribution in [0.5, 0.6) is 0 Å². The molecule has 4 unspecified atom stereocenters. The summed E-state index contributed by atoms with van der Waals surface area (Å²) in [5, 5.41) is 7.34. The molecule has 3 aliphatic heterocycles. The van der Waals surface area contributed by atoms with Gasteiger partial charge in [0.15, 0.2) is 11.3 Å². The van der Waals surface area contributed by atoms with E-state index in [2.05, 4.69) is 35.5 Å². The standard InChI is InChI=1S/C23H23FN4O2.C23H25FN4O2/c1-14-19(10-16-3-2-8-25-22(16)27-14)23(29)26-11-15-4-7-21(20(24)9-15)28-12-17-5-6-18(13-28)30-17;1-14-12-28(13-15(2)30-14)21-7-6-17(9-20(21)24)11-26-23(29)19-10-18-5-4-8-25-22(18)27-16(19)3/h2-4,7-10,17-18H,5-6,11-13H2,1H3,(H,26,29);4-10,14-15H,11-13H2,1-3H3,(H,26,29). The third-order valence-corrected chi connectivity index (χ3v) is 11.1. The van der Waals surface area contributed by atoms with E-state index in [0.29, 0.717) is 69.4 Å². The van der Waals surface area contributed by atoms with Gasteiger partial charge in [-0.3, -0.25) is 9.59 Å². The molecule has 2 bridgehead atoms. The fourth-order valence-corrected chi connectivity index (χ4v) is 8.22. The number of hydrogen-bond acceptors (Lipinski definition) is 10. The summed E-state index contributed by atoms with van der Waals surface area (Å²) < 4.78 is 41.1. The number of nitrogens with zero attached hydrogens (tertiary/aromatic N) is 6. The molecule has 12 nitrogen and oxygen atoms in total. The van der Waals surface area contributed by atoms with Gasteiger partial charge in [0.1, 0.15) is 11.6 Å². The number of rotatable bonds is 8. The highest BCUT2D eigenvalue weighted by Gasteiger charge is 2.34. The van der Waals surface area contributed by atoms with Crippen LogP contribution in [0.3, 0.4) is 0 Å². The van der Waals surface area contributed by atoms with Gasteiger partial charge in [-0.25, -0.2) is 28.7 Å². The van der Waals surface area contributed by atoms with E-state index in [1.807, 2.05) is 49.1 Å². The zero-order chi connectivity index (χ0) is 41.9. The number of hydrogen-bond donors (Lipinski definition) is 2. The maximum Gasteiger partial charge on any atom is 0.253 e. The summed E-state index contributed by atoms with van der Waals surface area (Å²) in [5.74, 6) is -1.04. The number of fused-ring (bicyclic) bond motifs is 4. The highest BCUT2D eigenvalue weighted by Crippen LogP contribution is 2.31. The van der Waals surface area contributed by atoms with Gasteiger partial charge >= 0.3 is 0 Å². The Hall–Kier alpha value is -6.12. The monoisotopic (exact) mass is 814 g/mol. The van der Waals surface area contributed by atoms with Crippen molar-refractivity contribution in [2.45, 2.75) is 78.0 Å². The smallest absolute Gasteiger partial charge is 0.253 e. The molecule has 9 rings (SSSR count). The van der Waals surface area contributed by atoms with Crippen molar-refractivity contribution in [2.75, 3.05) is 36.0 Å². The lowest BCUT2D eigenvalue weighted by Gasteiger charge is -2.37. The van der Waals surface area contributed by atoms with E-state index in [9.17, 15) is 18.4 Å². The van der Waals surface area contributed by atoms with Crippen LogP contribution in [0.25, 0.3) is 22.1 Å². The molecule has 0 radical (unpaired) electrons. The number of anilines is 2. The molecule has 3 saturated heterocycles. The summed E-state index contributed by atoms with van der Waals surface area (Å²) in [6.45, 7) is 10.8. The lowest BCUT2D eigenvalue weighted by Crippen LogP contribution is -2.45. The van der Waals surface area contributed by atoms with Crippen LogP contribution in [0.15, 0.2) is 85.2 Å². The molecule has 2 amide bonds. The molecule has 2 N–H and O–H groups in total. The van der Waals surface area contributed by atoms with Crippen LogP contribution >= 0.6 is 0 Å². The lowest BCUT2D eigenvalue weighted by atomic mass is 10.1. The van der Waals surface area contributed by atoms with Gasteiger partial charge < -0.3 is 29.9 Å². The van der Waals surface area contributed by atoms with Gasteiger partial charge in [-0.15, -0.1) is 0 Å². The number of amides is 2. The topological polar surface area (TPSA) is 135 Å². The normalized spacial score (nSPS) is 19.8. The number of halogens is 2. The van der Waals surface area contributed by atoms with Crippen LogP contribution < -0.4 is 20.4 Å². The van der Waals surface area contributed by atoms with Crippen molar-refractivity contribution in [3.8, 4) is 0 Å². The van der Waals surface area contributed by atoms with Gasteiger partial charge in [-0.1, -0.05) is 12.1 Å². The Morgan fingerprint density at radius 1 is 0.650 bits per heavy atom. The summed E-state index contributed by atoms with van der Waals surface area (Å²) >= 11 is 0. The lowest BCUT2D eigenvalue weighted by molar-refractivity contribution is -0.00540. The summed E-state index contributed by atoms with van der Waals surface area (Å²) in [4.78, 5) is 46.6. The molecular formula is C46H48F2N8O4. The molecule has 60 heavy (non-hydrogen) atoms. The molecule has 4 atom stereocenters. The quantitative estimate of drug-likeness (QED) is 0.166. The average molecular weight is 815 g/mol. The minimum Gasteiger partial charge on any atom is -0.372 e. The summed E-state index contributed by atoms with van der Waals surface area (Å²) in [6, 6.07) is 21.2. The number of ether oxygens (including phenoxy) is 2. The molecule has 3 fully saturated rings. The fourth-order valence-electron chi connectivity index (χ4n) is 8.22. The third kappa shape index (κ3) is 9.19. The molecule has 3 aliphatic rings. The molecule has 14 heteroatoms. The van der Waals surface area contributed by atoms with Gasteiger partial charge in [0, 0.05) is 62.4 Å². The zero-order valence-corrected chi connectivity index (χ0v) is 34.1. The van der Waals surface area contributed by atoms with Crippen molar-refractivity contribution in [1.29, 1.82) is 0 Å². The SMILES string of the molecule is Cc1nc2ncccc2cc1C(=O)NCc1ccc(N2CC(C)OC(C)C2)c(F)c1.Cc1nc2ncccc2cc1C(=O)NCc1ccc(N2CC3CCC(C2)O3)c(F)c1. The molecule has 0 aliphatic carbocycles. The van der Waals surface area contributed by atoms with Gasteiger partial charge in [0.05, 0.1) is 58.3 Å². The Kier molecular flexibility index (Phi) is 11.9. The maximum atomic E-state index is 14.8. The molecular weight excluding hydrogens is 767 g/mol. The van der Waals surface area contributed by atoms with Crippen molar-refractivity contribution in [1.82, 2.24) is 30.6 Å². The highest BCUT2D eigenvalue weighted by atomic mass is 19.1. The molecule has 310 valence electrons. The van der Waals surface area contributed by atoms with Crippen molar-refractivity contribution in [3.05, 3.63) is 130 Å². The van der Waals surface area contributed by atoms with E-state index in [4.69, 9.17) is 9.47 Å². The van der Waals surface area contributed by atoms with E-state index in [-0.39, 0.29) is 61.0 Å². The highest BCUT2D eigenvalue weighted by molar-refractivity contribution is 5.99. The number of carbonyl (C=O) groups excluding carboxylic acids is 2. The number of carbonyl (C=O) groups is 2. The number of morpholine rings is 2. The number of nitrogens with one attached hydrogen (secondary N) is 2. The predicted octanol–water partition coefficient (Wildman–Crippen LogP) is 7.00. The molecule has 4 aromatic heterocycles. The van der Waals surface area contributed by atoms with Crippen molar-refractivity contribution >= 4 is 45.3 Å². The second-order valence-electron chi connectivity index (χ2n) is 15.8. The van der Waals surface area contributed by atoms with Gasteiger partial charge in [-0.05, 0) is 112 Å². The van der Waals surface area contributed by atoms with E-state index in [1.165, 1.54) is 12.1 Å². The summed E-state index contributed by atoms with van der Waals surface area (Å²) in [5.41, 5.74) is 6.01. The summed E-state index contributed by atoms with van der Waals surface area (Å²) in [6.07, 6.45) is 5.96. The Labute approximate surface area is 347 Å². The van der Waals surface area contributed by atoms with Gasteiger partial charge in [-0.2, -0.15) is 0 Å². The first kappa shape index (κ1) is 40.7. The second-order valence-corrected chi connectivity index (χ2v) is 15.8. The molecule has 0 spiro atoms. The van der Waals surface area contributed by atoms with Crippen LogP contribution in [0.4, 0.5) is 20.2 Å². The van der Waals surface area contributed by atoms with Crippen molar-refractivity contribution < 1.29 is 27.8 Å². The predicted molar refractivity (Wildman–Crippen MR) is 226 cm³/mol. The number of pyridine rings is 4. The summed E-state index contributed by atoms with van der Waals surface area (Å²) in [7, 11) is 0. The minimum atomic E-state index is -0.294.